The van der Waals surface area contributed by atoms with Crippen LogP contribution in [0, 0.1) is 11.6 Å². The minimum atomic E-state index is -4.65. The number of halogens is 14. The minimum absolute atomic E-state index is 0.00962. The number of benzene rings is 3. The summed E-state index contributed by atoms with van der Waals surface area (Å²) in [6.45, 7) is 2.94. The molecule has 37 heteroatoms. The standard InChI is InChI=1S/2C20H21F4N5O3.C18H17ClF5N5O2/c1-31-16-8-12(18(30)29-4-6-32-7-5-29)14(21)9-15(16)27-19-25-10-13(20(22,23)24)17(28-19)26-11-2-3-11;1-31-16-9-12(18(30)29-5-7-32-8-6-29)14(21)10-15(16)26-19-25-11-13(20(22,23)24)17(27-19)28-3-2-4-28;1-25-14-10(18(22,23)24)7-26-16(28-14)27-12-6-13(31-2)9(5-11(12)19)15(30)29-4-3-17(20,21)8-29/h8-11H,2-7H2,1H3,(H2,25,26,27,28);9-11H,2-8H2,1H3,(H,25,26,27);5-7H,3-4,8H2,1-2H3,(H2,25,26,27,28). The molecule has 0 atom stereocenters. The van der Waals surface area contributed by atoms with Crippen LogP contribution in [0.15, 0.2) is 55.0 Å². The average molecular weight is 1380 g/mol. The first-order valence-corrected chi connectivity index (χ1v) is 29.2. The van der Waals surface area contributed by atoms with Gasteiger partial charge in [0.1, 0.15) is 63.0 Å². The molecule has 5 N–H and O–H groups in total. The fourth-order valence-electron chi connectivity index (χ4n) is 9.69. The molecule has 3 amide bonds. The van der Waals surface area contributed by atoms with Gasteiger partial charge in [-0.1, -0.05) is 11.6 Å². The normalized spacial score (nSPS) is 16.3. The highest BCUT2D eigenvalue weighted by Gasteiger charge is 2.43. The molecular weight excluding hydrogens is 1320 g/mol. The van der Waals surface area contributed by atoms with E-state index in [2.05, 4.69) is 56.5 Å². The molecule has 3 aromatic heterocycles. The summed E-state index contributed by atoms with van der Waals surface area (Å²) in [7, 11) is 5.21. The lowest BCUT2D eigenvalue weighted by molar-refractivity contribution is -0.138. The number of carbonyl (C=O) groups excluding carboxylic acids is 3. The quantitative estimate of drug-likeness (QED) is 0.0565. The first kappa shape index (κ1) is 70.1. The summed E-state index contributed by atoms with van der Waals surface area (Å²) in [5.74, 6) is -7.54. The number of morpholine rings is 2. The number of aromatic nitrogens is 6. The number of amides is 3. The number of carbonyl (C=O) groups is 3. The number of alkyl halides is 11. The fourth-order valence-corrected chi connectivity index (χ4v) is 9.90. The maximum absolute atomic E-state index is 14.8. The van der Waals surface area contributed by atoms with E-state index in [1.54, 1.807) is 0 Å². The summed E-state index contributed by atoms with van der Waals surface area (Å²) < 4.78 is 201. The van der Waals surface area contributed by atoms with Crippen molar-refractivity contribution in [3.05, 3.63) is 105 Å². The van der Waals surface area contributed by atoms with Gasteiger partial charge in [0.15, 0.2) is 0 Å². The average Bonchev–Trinajstić information content (AvgIpc) is 1.05. The second-order valence-electron chi connectivity index (χ2n) is 21.5. The summed E-state index contributed by atoms with van der Waals surface area (Å²) in [5.41, 5.74) is -3.07. The Morgan fingerprint density at radius 3 is 1.42 bits per heavy atom. The second-order valence-corrected chi connectivity index (χ2v) is 21.9. The Morgan fingerprint density at radius 1 is 0.558 bits per heavy atom. The van der Waals surface area contributed by atoms with Gasteiger partial charge in [-0.05, 0) is 37.5 Å². The first-order chi connectivity index (χ1) is 45.0. The third kappa shape index (κ3) is 17.2. The van der Waals surface area contributed by atoms with E-state index in [-0.39, 0.29) is 98.1 Å². The Bertz CT molecular complexity index is 3780. The molecule has 6 aromatic rings. The van der Waals surface area contributed by atoms with Gasteiger partial charge in [0.05, 0.1) is 93.1 Å². The number of rotatable bonds is 16. The highest BCUT2D eigenvalue weighted by Crippen LogP contribution is 2.42. The second kappa shape index (κ2) is 29.2. The zero-order chi connectivity index (χ0) is 68.7. The van der Waals surface area contributed by atoms with Crippen LogP contribution in [0.25, 0.3) is 0 Å². The van der Waals surface area contributed by atoms with Crippen LogP contribution < -0.4 is 45.7 Å². The lowest BCUT2D eigenvalue weighted by atomic mass is 10.1. The Morgan fingerprint density at radius 2 is 1.00 bits per heavy atom. The van der Waals surface area contributed by atoms with Crippen molar-refractivity contribution in [3.63, 3.8) is 0 Å². The molecule has 0 spiro atoms. The van der Waals surface area contributed by atoms with Gasteiger partial charge < -0.3 is 69.9 Å². The van der Waals surface area contributed by atoms with Crippen molar-refractivity contribution in [2.75, 3.05) is 139 Å². The third-order valence-corrected chi connectivity index (χ3v) is 15.2. The molecule has 1 saturated carbocycles. The van der Waals surface area contributed by atoms with Gasteiger partial charge in [-0.2, -0.15) is 54.5 Å². The van der Waals surface area contributed by atoms with Crippen molar-refractivity contribution in [2.24, 2.45) is 0 Å². The summed E-state index contributed by atoms with van der Waals surface area (Å²) >= 11 is 6.20. The molecule has 0 bridgehead atoms. The lowest BCUT2D eigenvalue weighted by Gasteiger charge is -2.33. The number of hydrogen-bond donors (Lipinski definition) is 5. The molecule has 0 radical (unpaired) electrons. The first-order valence-electron chi connectivity index (χ1n) is 28.9. The number of likely N-dealkylation sites (tertiary alicyclic amines) is 1. The fraction of sp³-hybridized carbons (Fsp3) is 0.431. The number of anilines is 9. The molecule has 5 fully saturated rings. The van der Waals surface area contributed by atoms with Crippen LogP contribution in [0.3, 0.4) is 0 Å². The number of hydrogen-bond acceptors (Lipinski definition) is 20. The Kier molecular flexibility index (Phi) is 21.6. The van der Waals surface area contributed by atoms with E-state index in [0.29, 0.717) is 84.3 Å². The SMILES string of the molecule is CNc1nc(Nc2cc(OC)c(C(=O)N3CCC(F)(F)C3)cc2Cl)ncc1C(F)(F)F.COc1cc(C(=O)N2CCOCC2)c(F)cc1Nc1ncc(C(F)(F)F)c(N2CCC2)n1.COc1cc(C(=O)N2CCOCC2)c(F)cc1Nc1ncc(C(F)(F)F)c(NC2CC2)n1. The van der Waals surface area contributed by atoms with Crippen molar-refractivity contribution in [1.29, 1.82) is 0 Å². The summed E-state index contributed by atoms with van der Waals surface area (Å²) in [5, 5.41) is 13.1. The molecule has 95 heavy (non-hydrogen) atoms. The molecule has 0 unspecified atom stereocenters. The maximum atomic E-state index is 14.8. The minimum Gasteiger partial charge on any atom is -0.496 e. The van der Waals surface area contributed by atoms with Crippen molar-refractivity contribution >= 4 is 81.7 Å². The smallest absolute Gasteiger partial charge is 0.421 e. The van der Waals surface area contributed by atoms with E-state index in [1.165, 1.54) is 67.3 Å². The number of nitrogens with zero attached hydrogens (tertiary/aromatic N) is 10. The van der Waals surface area contributed by atoms with Crippen LogP contribution in [0.2, 0.25) is 5.02 Å². The van der Waals surface area contributed by atoms with Crippen LogP contribution in [0.5, 0.6) is 17.2 Å². The molecule has 11 rings (SSSR count). The van der Waals surface area contributed by atoms with Crippen molar-refractivity contribution in [3.8, 4) is 17.2 Å². The van der Waals surface area contributed by atoms with Gasteiger partial charge in [-0.15, -0.1) is 0 Å². The van der Waals surface area contributed by atoms with Crippen LogP contribution >= 0.6 is 11.6 Å². The Labute approximate surface area is 537 Å². The Balaban J connectivity index is 0.000000168. The van der Waals surface area contributed by atoms with Crippen molar-refractivity contribution in [2.45, 2.75) is 56.2 Å². The Hall–Kier alpha value is -9.19. The van der Waals surface area contributed by atoms with Gasteiger partial charge in [0, 0.05) is 102 Å². The predicted octanol–water partition coefficient (Wildman–Crippen LogP) is 10.9. The van der Waals surface area contributed by atoms with Crippen molar-refractivity contribution in [1.82, 2.24) is 44.6 Å². The van der Waals surface area contributed by atoms with Crippen LogP contribution in [-0.4, -0.2) is 181 Å². The van der Waals surface area contributed by atoms with Crippen LogP contribution in [0.4, 0.5) is 109 Å². The zero-order valence-electron chi connectivity index (χ0n) is 50.6. The van der Waals surface area contributed by atoms with Crippen LogP contribution in [-0.2, 0) is 28.0 Å². The highest BCUT2D eigenvalue weighted by atomic mass is 35.5. The van der Waals surface area contributed by atoms with Crippen molar-refractivity contribution < 1.29 is 95.1 Å². The number of methoxy groups -OCH3 is 3. The van der Waals surface area contributed by atoms with E-state index in [0.717, 1.165) is 36.3 Å². The highest BCUT2D eigenvalue weighted by molar-refractivity contribution is 6.34. The van der Waals surface area contributed by atoms with Gasteiger partial charge in [-0.3, -0.25) is 14.4 Å². The van der Waals surface area contributed by atoms with E-state index in [9.17, 15) is 71.5 Å². The van der Waals surface area contributed by atoms with Gasteiger partial charge >= 0.3 is 18.5 Å². The summed E-state index contributed by atoms with van der Waals surface area (Å²) in [6, 6.07) is 7.02. The molecule has 4 saturated heterocycles. The van der Waals surface area contributed by atoms with Crippen LogP contribution in [0.1, 0.15) is 73.4 Å². The molecular formula is C58H59ClF13N15O8. The molecule has 7 heterocycles. The molecule has 5 aliphatic rings. The van der Waals surface area contributed by atoms with Gasteiger partial charge in [-0.25, -0.2) is 32.5 Å². The predicted molar refractivity (Wildman–Crippen MR) is 317 cm³/mol. The monoisotopic (exact) mass is 1380 g/mol. The van der Waals surface area contributed by atoms with E-state index >= 15 is 0 Å². The molecule has 4 aliphatic heterocycles. The van der Waals surface area contributed by atoms with Gasteiger partial charge in [0.2, 0.25) is 17.8 Å². The summed E-state index contributed by atoms with van der Waals surface area (Å²) in [6.07, 6.45) is -10.1. The number of nitrogens with one attached hydrogen (secondary N) is 5. The zero-order valence-corrected chi connectivity index (χ0v) is 51.4. The number of ether oxygens (including phenoxy) is 5. The largest absolute Gasteiger partial charge is 0.496 e. The molecule has 3 aromatic carbocycles. The topological polar surface area (TPSA) is 248 Å². The van der Waals surface area contributed by atoms with Gasteiger partial charge in [0.25, 0.3) is 23.6 Å². The summed E-state index contributed by atoms with van der Waals surface area (Å²) in [4.78, 5) is 66.2. The third-order valence-electron chi connectivity index (χ3n) is 14.9. The maximum Gasteiger partial charge on any atom is 0.421 e. The molecule has 512 valence electrons. The van der Waals surface area contributed by atoms with E-state index in [4.69, 9.17) is 35.3 Å². The molecule has 1 aliphatic carbocycles. The van der Waals surface area contributed by atoms with E-state index < -0.39 is 89.3 Å². The van der Waals surface area contributed by atoms with E-state index in [1.807, 2.05) is 0 Å². The molecule has 23 nitrogen and oxygen atoms in total. The lowest BCUT2D eigenvalue weighted by Crippen LogP contribution is -2.41.